The summed E-state index contributed by atoms with van der Waals surface area (Å²) in [4.78, 5) is 2.39. The minimum atomic E-state index is -3.36. The first-order valence-electron chi connectivity index (χ1n) is 9.49. The number of hydrogen-bond donors (Lipinski definition) is 2. The first kappa shape index (κ1) is 21.8. The summed E-state index contributed by atoms with van der Waals surface area (Å²) in [5.74, 6) is 1.02. The Bertz CT molecular complexity index is 408. The molecule has 0 aliphatic carbocycles. The summed E-state index contributed by atoms with van der Waals surface area (Å²) >= 11 is 0. The quantitative estimate of drug-likeness (QED) is 0.517. The molecule has 144 valence electrons. The minimum absolute atomic E-state index is 0.509. The van der Waals surface area contributed by atoms with Crippen molar-refractivity contribution in [2.75, 3.05) is 52.4 Å². The number of piperazine rings is 1. The van der Waals surface area contributed by atoms with Crippen molar-refractivity contribution >= 4 is 10.2 Å². The fourth-order valence-corrected chi connectivity index (χ4v) is 3.96. The SMILES string of the molecule is CC(C)CCN(CCC(C)C)S(=O)(=O)NCCCN1CCNCC1. The second-order valence-electron chi connectivity index (χ2n) is 7.61. The van der Waals surface area contributed by atoms with Gasteiger partial charge in [-0.25, -0.2) is 4.72 Å². The molecule has 0 bridgehead atoms. The average molecular weight is 363 g/mol. The lowest BCUT2D eigenvalue weighted by Crippen LogP contribution is -2.45. The Balaban J connectivity index is 2.40. The lowest BCUT2D eigenvalue weighted by Gasteiger charge is -2.27. The molecular weight excluding hydrogens is 324 g/mol. The van der Waals surface area contributed by atoms with Crippen molar-refractivity contribution in [2.24, 2.45) is 11.8 Å². The zero-order valence-corrected chi connectivity index (χ0v) is 16.9. The molecule has 7 heteroatoms. The minimum Gasteiger partial charge on any atom is -0.314 e. The van der Waals surface area contributed by atoms with Crippen LogP contribution in [-0.4, -0.2) is 70.0 Å². The summed E-state index contributed by atoms with van der Waals surface area (Å²) in [6, 6.07) is 0. The summed E-state index contributed by atoms with van der Waals surface area (Å²) in [5, 5.41) is 3.33. The molecular formula is C17H38N4O2S. The smallest absolute Gasteiger partial charge is 0.279 e. The second kappa shape index (κ2) is 11.4. The summed E-state index contributed by atoms with van der Waals surface area (Å²) in [7, 11) is -3.36. The van der Waals surface area contributed by atoms with E-state index in [1.807, 2.05) is 0 Å². The fraction of sp³-hybridized carbons (Fsp3) is 1.00. The highest BCUT2D eigenvalue weighted by molar-refractivity contribution is 7.87. The maximum atomic E-state index is 12.6. The van der Waals surface area contributed by atoms with E-state index in [0.29, 0.717) is 31.5 Å². The van der Waals surface area contributed by atoms with Gasteiger partial charge in [-0.05, 0) is 37.6 Å². The number of nitrogens with zero attached hydrogens (tertiary/aromatic N) is 2. The van der Waals surface area contributed by atoms with Gasteiger partial charge in [-0.15, -0.1) is 0 Å². The van der Waals surface area contributed by atoms with Crippen LogP contribution in [0.2, 0.25) is 0 Å². The van der Waals surface area contributed by atoms with E-state index in [0.717, 1.165) is 52.0 Å². The standard InChI is InChI=1S/C17H38N4O2S/c1-16(2)6-12-21(13-7-17(3)4)24(22,23)19-8-5-11-20-14-9-18-10-15-20/h16-19H,5-15H2,1-4H3. The van der Waals surface area contributed by atoms with Crippen molar-refractivity contribution in [1.29, 1.82) is 0 Å². The van der Waals surface area contributed by atoms with E-state index in [4.69, 9.17) is 0 Å². The molecule has 0 saturated carbocycles. The predicted molar refractivity (Wildman–Crippen MR) is 101 cm³/mol. The highest BCUT2D eigenvalue weighted by Gasteiger charge is 2.21. The molecule has 24 heavy (non-hydrogen) atoms. The Kier molecular flexibility index (Phi) is 10.4. The van der Waals surface area contributed by atoms with Gasteiger partial charge < -0.3 is 10.2 Å². The van der Waals surface area contributed by atoms with Crippen molar-refractivity contribution in [3.05, 3.63) is 0 Å². The van der Waals surface area contributed by atoms with Gasteiger partial charge in [0.05, 0.1) is 0 Å². The van der Waals surface area contributed by atoms with Gasteiger partial charge in [-0.3, -0.25) is 0 Å². The molecule has 0 spiro atoms. The van der Waals surface area contributed by atoms with Gasteiger partial charge in [0.1, 0.15) is 0 Å². The second-order valence-corrected chi connectivity index (χ2v) is 9.36. The van der Waals surface area contributed by atoms with Gasteiger partial charge in [-0.1, -0.05) is 27.7 Å². The van der Waals surface area contributed by atoms with Gasteiger partial charge in [0, 0.05) is 45.8 Å². The van der Waals surface area contributed by atoms with Crippen LogP contribution in [0.25, 0.3) is 0 Å². The third-order valence-electron chi connectivity index (χ3n) is 4.40. The van der Waals surface area contributed by atoms with Crippen molar-refractivity contribution < 1.29 is 8.42 Å². The first-order valence-corrected chi connectivity index (χ1v) is 10.9. The Morgan fingerprint density at radius 2 is 1.58 bits per heavy atom. The molecule has 0 aromatic heterocycles. The van der Waals surface area contributed by atoms with Crippen LogP contribution < -0.4 is 10.0 Å². The maximum Gasteiger partial charge on any atom is 0.279 e. The first-order chi connectivity index (χ1) is 11.3. The van der Waals surface area contributed by atoms with Crippen LogP contribution in [0.1, 0.15) is 47.0 Å². The summed E-state index contributed by atoms with van der Waals surface area (Å²) in [5.41, 5.74) is 0. The van der Waals surface area contributed by atoms with Gasteiger partial charge in [0.2, 0.25) is 0 Å². The monoisotopic (exact) mass is 362 g/mol. The normalized spacial score (nSPS) is 17.3. The van der Waals surface area contributed by atoms with E-state index in [-0.39, 0.29) is 0 Å². The Morgan fingerprint density at radius 1 is 1.04 bits per heavy atom. The molecule has 0 amide bonds. The van der Waals surface area contributed by atoms with Crippen molar-refractivity contribution in [3.8, 4) is 0 Å². The molecule has 2 N–H and O–H groups in total. The molecule has 1 heterocycles. The lowest BCUT2D eigenvalue weighted by atomic mass is 10.1. The van der Waals surface area contributed by atoms with E-state index in [2.05, 4.69) is 42.6 Å². The van der Waals surface area contributed by atoms with E-state index < -0.39 is 10.2 Å². The number of nitrogens with one attached hydrogen (secondary N) is 2. The molecule has 1 saturated heterocycles. The zero-order valence-electron chi connectivity index (χ0n) is 16.1. The van der Waals surface area contributed by atoms with E-state index >= 15 is 0 Å². The highest BCUT2D eigenvalue weighted by Crippen LogP contribution is 2.10. The highest BCUT2D eigenvalue weighted by atomic mass is 32.2. The molecule has 6 nitrogen and oxygen atoms in total. The van der Waals surface area contributed by atoms with Crippen molar-refractivity contribution in [2.45, 2.75) is 47.0 Å². The number of rotatable bonds is 12. The van der Waals surface area contributed by atoms with Crippen LogP contribution in [0.4, 0.5) is 0 Å². The molecule has 1 aliphatic rings. The average Bonchev–Trinajstić information content (AvgIpc) is 2.51. The van der Waals surface area contributed by atoms with E-state index in [9.17, 15) is 8.42 Å². The van der Waals surface area contributed by atoms with E-state index in [1.165, 1.54) is 0 Å². The predicted octanol–water partition coefficient (Wildman–Crippen LogP) is 1.51. The van der Waals surface area contributed by atoms with Gasteiger partial charge in [-0.2, -0.15) is 12.7 Å². The molecule has 1 aliphatic heterocycles. The summed E-state index contributed by atoms with van der Waals surface area (Å²) in [6.07, 6.45) is 2.67. The topological polar surface area (TPSA) is 64.7 Å². The third-order valence-corrected chi connectivity index (χ3v) is 6.01. The molecule has 1 rings (SSSR count). The van der Waals surface area contributed by atoms with Crippen LogP contribution in [0.3, 0.4) is 0 Å². The summed E-state index contributed by atoms with van der Waals surface area (Å²) in [6.45, 7) is 15.4. The van der Waals surface area contributed by atoms with Gasteiger partial charge >= 0.3 is 0 Å². The lowest BCUT2D eigenvalue weighted by molar-refractivity contribution is 0.239. The third kappa shape index (κ3) is 9.32. The molecule has 1 fully saturated rings. The van der Waals surface area contributed by atoms with Gasteiger partial charge in [0.15, 0.2) is 0 Å². The molecule has 0 aromatic rings. The fourth-order valence-electron chi connectivity index (χ4n) is 2.69. The van der Waals surface area contributed by atoms with Crippen molar-refractivity contribution in [1.82, 2.24) is 19.2 Å². The van der Waals surface area contributed by atoms with Crippen LogP contribution >= 0.6 is 0 Å². The number of hydrogen-bond acceptors (Lipinski definition) is 4. The zero-order chi connectivity index (χ0) is 18.0. The van der Waals surface area contributed by atoms with Crippen LogP contribution in [0, 0.1) is 11.8 Å². The van der Waals surface area contributed by atoms with E-state index in [1.54, 1.807) is 4.31 Å². The Labute approximate surface area is 149 Å². The summed E-state index contributed by atoms with van der Waals surface area (Å²) < 4.78 is 29.6. The molecule has 0 unspecified atom stereocenters. The molecule has 0 atom stereocenters. The maximum absolute atomic E-state index is 12.6. The Hall–Kier alpha value is -0.210. The largest absolute Gasteiger partial charge is 0.314 e. The molecule has 0 radical (unpaired) electrons. The Morgan fingerprint density at radius 3 is 2.08 bits per heavy atom. The van der Waals surface area contributed by atoms with Crippen molar-refractivity contribution in [3.63, 3.8) is 0 Å². The molecule has 0 aromatic carbocycles. The van der Waals surface area contributed by atoms with Crippen LogP contribution in [0.15, 0.2) is 0 Å². The van der Waals surface area contributed by atoms with Gasteiger partial charge in [0.25, 0.3) is 10.2 Å². The van der Waals surface area contributed by atoms with Crippen LogP contribution in [0.5, 0.6) is 0 Å². The van der Waals surface area contributed by atoms with Crippen LogP contribution in [-0.2, 0) is 10.2 Å².